The zero-order valence-electron chi connectivity index (χ0n) is 35.7. The van der Waals surface area contributed by atoms with Crippen molar-refractivity contribution in [2.45, 2.75) is 78.6 Å². The third kappa shape index (κ3) is 5.78. The lowest BCUT2D eigenvalue weighted by Crippen LogP contribution is -2.46. The fourth-order valence-electron chi connectivity index (χ4n) is 9.19. The van der Waals surface area contributed by atoms with Crippen molar-refractivity contribution in [1.29, 1.82) is 0 Å². The first-order valence-corrected chi connectivity index (χ1v) is 20.9. The van der Waals surface area contributed by atoms with Gasteiger partial charge in [-0.3, -0.25) is 4.57 Å². The first-order valence-electron chi connectivity index (χ1n) is 20.9. The average molecular weight is 774 g/mol. The van der Waals surface area contributed by atoms with Crippen molar-refractivity contribution in [2.75, 3.05) is 0 Å². The number of fused-ring (bicyclic) bond motifs is 7. The molecule has 10 rings (SSSR count). The molecule has 0 aliphatic carbocycles. The van der Waals surface area contributed by atoms with Gasteiger partial charge in [-0.15, -0.1) is 0 Å². The second-order valence-electron chi connectivity index (χ2n) is 19.6. The van der Waals surface area contributed by atoms with Gasteiger partial charge in [-0.2, -0.15) is 9.18 Å². The molecule has 2 aliphatic heterocycles. The van der Waals surface area contributed by atoms with Gasteiger partial charge >= 0.3 is 0 Å². The van der Waals surface area contributed by atoms with E-state index in [1.807, 2.05) is 6.20 Å². The summed E-state index contributed by atoms with van der Waals surface area (Å²) < 4.78 is 10.5. The number of aromatic nitrogens is 2. The Morgan fingerprint density at radius 1 is 0.475 bits per heavy atom. The van der Waals surface area contributed by atoms with E-state index < -0.39 is 0 Å². The summed E-state index contributed by atoms with van der Waals surface area (Å²) in [5, 5.41) is 2.35. The van der Waals surface area contributed by atoms with E-state index >= 15 is 0 Å². The van der Waals surface area contributed by atoms with E-state index in [0.717, 1.165) is 44.9 Å². The Morgan fingerprint density at radius 2 is 1.15 bits per heavy atom. The van der Waals surface area contributed by atoms with Crippen molar-refractivity contribution >= 4 is 44.6 Å². The highest BCUT2D eigenvalue weighted by molar-refractivity contribution is 6.09. The number of rotatable bonds is 6. The number of hydrogen-bond donors (Lipinski definition) is 0. The number of nitrogens with zero attached hydrogens (tertiary/aromatic N) is 4. The fraction of sp³-hybridized carbons (Fsp3) is 0.222. The molecule has 1 fully saturated rings. The maximum atomic E-state index is 7.04. The predicted molar refractivity (Wildman–Crippen MR) is 247 cm³/mol. The third-order valence-corrected chi connectivity index (χ3v) is 12.6. The molecule has 5 nitrogen and oxygen atoms in total. The predicted octanol–water partition coefficient (Wildman–Crippen LogP) is 14.9. The molecule has 0 radical (unpaired) electrons. The maximum absolute atomic E-state index is 7.04. The zero-order valence-corrected chi connectivity index (χ0v) is 35.7. The molecule has 6 aromatic carbocycles. The van der Waals surface area contributed by atoms with Crippen LogP contribution in [0.1, 0.15) is 79.0 Å². The van der Waals surface area contributed by atoms with Crippen molar-refractivity contribution in [1.82, 2.24) is 18.7 Å². The van der Waals surface area contributed by atoms with Crippen LogP contribution in [0.15, 0.2) is 152 Å². The molecular formula is C54H53N4O+. The van der Waals surface area contributed by atoms with Gasteiger partial charge in [0.15, 0.2) is 18.0 Å². The number of pyridine rings is 1. The number of benzene rings is 6. The Labute approximate surface area is 348 Å². The van der Waals surface area contributed by atoms with Gasteiger partial charge in [-0.05, 0) is 80.5 Å². The van der Waals surface area contributed by atoms with E-state index in [0.29, 0.717) is 9.18 Å². The number of hydrogen-bond acceptors (Lipinski definition) is 2. The van der Waals surface area contributed by atoms with Gasteiger partial charge in [0.1, 0.15) is 17.3 Å². The van der Waals surface area contributed by atoms with E-state index in [9.17, 15) is 0 Å². The van der Waals surface area contributed by atoms with E-state index in [2.05, 4.69) is 219 Å². The summed E-state index contributed by atoms with van der Waals surface area (Å²) in [6.45, 7) is 23.0. The molecule has 0 bridgehead atoms. The number of para-hydroxylation sites is 1. The van der Waals surface area contributed by atoms with Gasteiger partial charge in [0, 0.05) is 59.4 Å². The van der Waals surface area contributed by atoms with E-state index in [4.69, 9.17) is 9.72 Å². The highest BCUT2D eigenvalue weighted by Crippen LogP contribution is 2.76. The van der Waals surface area contributed by atoms with Crippen LogP contribution in [-0.2, 0) is 16.2 Å². The summed E-state index contributed by atoms with van der Waals surface area (Å²) in [5.74, 6) is 2.47. The SMILES string of the molecule is CC(C)(C)c1cccc([N@+]23[CH-][N+]2(c2cc(Oc4ccc5c6ccccc6n(-c6cc(C(C)(C)C)ccn6)c5c4)cc(-c4ccccc4)c2)c2cc(C(C)(C)C)ccc23)c1. The lowest BCUT2D eigenvalue weighted by molar-refractivity contribution is 0.421. The normalized spacial score (nSPS) is 18.7. The van der Waals surface area contributed by atoms with Crippen LogP contribution in [-0.4, -0.2) is 9.55 Å². The van der Waals surface area contributed by atoms with Crippen molar-refractivity contribution in [3.8, 4) is 28.4 Å². The standard InChI is InChI=1S/C54H53N4O/c1-52(2,3)38-18-15-19-41(30-38)57-35-58(57,50-31-39(53(4,5)6)22-25-49(50)57)42-28-37(36-16-11-10-12-17-36)29-44(33-42)59-43-23-24-46-45-20-13-14-21-47(45)56(48(46)34-43)51-32-40(26-27-55-51)54(7,8)9/h10-35H,1-9H3/q+1/t57-,58?/m0/s1. The minimum absolute atomic E-state index is 0.00977. The molecule has 0 spiro atoms. The molecule has 8 aromatic rings. The topological polar surface area (TPSA) is 27.1 Å². The Bertz CT molecular complexity index is 2960. The van der Waals surface area contributed by atoms with Gasteiger partial charge in [-0.1, -0.05) is 129 Å². The highest BCUT2D eigenvalue weighted by Gasteiger charge is 2.78. The second kappa shape index (κ2) is 12.7. The van der Waals surface area contributed by atoms with Crippen LogP contribution in [0.25, 0.3) is 38.8 Å². The van der Waals surface area contributed by atoms with Crippen molar-refractivity contribution in [3.05, 3.63) is 175 Å². The summed E-state index contributed by atoms with van der Waals surface area (Å²) in [4.78, 5) is 4.92. The largest absolute Gasteiger partial charge is 0.457 e. The molecule has 294 valence electrons. The lowest BCUT2D eigenvalue weighted by Gasteiger charge is -2.41. The minimum atomic E-state index is -0.00977. The Hall–Kier alpha value is -6.01. The Balaban J connectivity index is 1.14. The molecular weight excluding hydrogens is 721 g/mol. The molecule has 0 amide bonds. The lowest BCUT2D eigenvalue weighted by atomic mass is 9.85. The summed E-state index contributed by atoms with van der Waals surface area (Å²) in [6, 6.07) is 53.3. The summed E-state index contributed by atoms with van der Waals surface area (Å²) in [5.41, 5.74) is 13.4. The molecule has 4 heterocycles. The van der Waals surface area contributed by atoms with E-state index in [1.54, 1.807) is 0 Å². The molecule has 5 heteroatoms. The molecule has 2 atom stereocenters. The Kier molecular flexibility index (Phi) is 8.05. The molecule has 2 aliphatic rings. The highest BCUT2D eigenvalue weighted by atomic mass is 16.5. The molecule has 2 aromatic heterocycles. The van der Waals surface area contributed by atoms with Crippen LogP contribution in [0.4, 0.5) is 22.7 Å². The number of quaternary nitrogens is 2. The summed E-state index contributed by atoms with van der Waals surface area (Å²) in [7, 11) is 0. The van der Waals surface area contributed by atoms with Crippen LogP contribution in [0.5, 0.6) is 11.5 Å². The van der Waals surface area contributed by atoms with Crippen LogP contribution in [0.3, 0.4) is 0 Å². The van der Waals surface area contributed by atoms with Gasteiger partial charge in [0.2, 0.25) is 11.4 Å². The molecule has 0 N–H and O–H groups in total. The fourth-order valence-corrected chi connectivity index (χ4v) is 9.19. The smallest absolute Gasteiger partial charge is 0.225 e. The first kappa shape index (κ1) is 37.3. The van der Waals surface area contributed by atoms with Crippen LogP contribution < -0.4 is 13.9 Å². The molecule has 1 saturated heterocycles. The van der Waals surface area contributed by atoms with Crippen molar-refractivity contribution in [2.24, 2.45) is 0 Å². The van der Waals surface area contributed by atoms with Crippen molar-refractivity contribution in [3.63, 3.8) is 0 Å². The van der Waals surface area contributed by atoms with Gasteiger partial charge < -0.3 is 4.74 Å². The van der Waals surface area contributed by atoms with Crippen LogP contribution in [0.2, 0.25) is 0 Å². The zero-order chi connectivity index (χ0) is 41.1. The molecule has 1 unspecified atom stereocenters. The maximum Gasteiger partial charge on any atom is 0.225 e. The average Bonchev–Trinajstić information content (AvgIpc) is 3.71. The Morgan fingerprint density at radius 3 is 1.92 bits per heavy atom. The van der Waals surface area contributed by atoms with Gasteiger partial charge in [0.05, 0.1) is 11.0 Å². The van der Waals surface area contributed by atoms with Crippen LogP contribution in [0, 0.1) is 6.67 Å². The van der Waals surface area contributed by atoms with E-state index in [1.165, 1.54) is 44.8 Å². The molecule has 0 saturated carbocycles. The van der Waals surface area contributed by atoms with Gasteiger partial charge in [-0.25, -0.2) is 4.98 Å². The van der Waals surface area contributed by atoms with Gasteiger partial charge in [0.25, 0.3) is 0 Å². The monoisotopic (exact) mass is 773 g/mol. The third-order valence-electron chi connectivity index (χ3n) is 12.6. The van der Waals surface area contributed by atoms with E-state index in [-0.39, 0.29) is 16.2 Å². The quantitative estimate of drug-likeness (QED) is 0.0956. The second-order valence-corrected chi connectivity index (χ2v) is 19.6. The van der Waals surface area contributed by atoms with Crippen molar-refractivity contribution < 1.29 is 4.74 Å². The van der Waals surface area contributed by atoms with Crippen LogP contribution >= 0.6 is 0 Å². The summed E-state index contributed by atoms with van der Waals surface area (Å²) in [6.07, 6.45) is 1.93. The molecule has 59 heavy (non-hydrogen) atoms. The summed E-state index contributed by atoms with van der Waals surface area (Å²) >= 11 is 0. The number of ether oxygens (including phenoxy) is 1. The first-order chi connectivity index (χ1) is 28.1. The minimum Gasteiger partial charge on any atom is -0.457 e.